The average molecular weight is 445 g/mol. The number of nitrogens with zero attached hydrogens (tertiary/aromatic N) is 4. The first kappa shape index (κ1) is 20.7. The number of hydrogen-bond acceptors (Lipinski definition) is 9. The van der Waals surface area contributed by atoms with Crippen molar-refractivity contribution < 1.29 is 24.1 Å². The molecule has 31 heavy (non-hydrogen) atoms. The van der Waals surface area contributed by atoms with Gasteiger partial charge in [-0.3, -0.25) is 4.57 Å². The molecule has 5 rings (SSSR count). The summed E-state index contributed by atoms with van der Waals surface area (Å²) in [5.41, 5.74) is 2.51. The zero-order valence-electron chi connectivity index (χ0n) is 17.5. The summed E-state index contributed by atoms with van der Waals surface area (Å²) in [7, 11) is 1.65. The highest BCUT2D eigenvalue weighted by atomic mass is 32.2. The molecule has 0 radical (unpaired) electrons. The molecule has 164 valence electrons. The van der Waals surface area contributed by atoms with Crippen LogP contribution in [-0.2, 0) is 20.0 Å². The van der Waals surface area contributed by atoms with Crippen LogP contribution in [0.5, 0.6) is 5.75 Å². The predicted octanol–water partition coefficient (Wildman–Crippen LogP) is 2.54. The topological polar surface area (TPSA) is 101 Å². The van der Waals surface area contributed by atoms with Gasteiger partial charge < -0.3 is 24.1 Å². The Balaban J connectivity index is 1.40. The standard InChI is InChI=1S/C21H24N4O5S/c1-21(2)29-16-14(8-26)28-20(17(16)30-21)25-11-24-15-18(25)22-10-23-19(15)31-9-12-4-6-13(27-3)7-5-12/h4-7,10-11,14,16-17,20,26H,8-9H2,1-3H3/t14-,16?,17+,20-/m1/s1. The lowest BCUT2D eigenvalue weighted by molar-refractivity contribution is -0.199. The van der Waals surface area contributed by atoms with Crippen LogP contribution in [-0.4, -0.2) is 62.4 Å². The zero-order chi connectivity index (χ0) is 21.6. The van der Waals surface area contributed by atoms with Gasteiger partial charge in [0.05, 0.1) is 20.0 Å². The number of methoxy groups -OCH3 is 1. The van der Waals surface area contributed by atoms with Gasteiger partial charge in [-0.1, -0.05) is 23.9 Å². The van der Waals surface area contributed by atoms with Gasteiger partial charge in [-0.25, -0.2) is 15.0 Å². The van der Waals surface area contributed by atoms with Gasteiger partial charge in [-0.15, -0.1) is 0 Å². The van der Waals surface area contributed by atoms with Crippen molar-refractivity contribution in [2.75, 3.05) is 13.7 Å². The molecular weight excluding hydrogens is 420 g/mol. The average Bonchev–Trinajstić information content (AvgIpc) is 3.43. The monoisotopic (exact) mass is 444 g/mol. The largest absolute Gasteiger partial charge is 0.497 e. The molecule has 2 aromatic heterocycles. The highest BCUT2D eigenvalue weighted by molar-refractivity contribution is 7.98. The van der Waals surface area contributed by atoms with Crippen LogP contribution >= 0.6 is 11.8 Å². The van der Waals surface area contributed by atoms with Crippen LogP contribution < -0.4 is 4.74 Å². The van der Waals surface area contributed by atoms with E-state index < -0.39 is 18.1 Å². The Labute approximate surface area is 183 Å². The quantitative estimate of drug-likeness (QED) is 0.454. The Bertz CT molecular complexity index is 1070. The van der Waals surface area contributed by atoms with E-state index in [2.05, 4.69) is 15.0 Å². The Morgan fingerprint density at radius 1 is 1.13 bits per heavy atom. The lowest BCUT2D eigenvalue weighted by atomic mass is 10.1. The van der Waals surface area contributed by atoms with Crippen molar-refractivity contribution >= 4 is 22.9 Å². The molecule has 0 aliphatic carbocycles. The van der Waals surface area contributed by atoms with Gasteiger partial charge >= 0.3 is 0 Å². The molecule has 0 spiro atoms. The molecule has 10 heteroatoms. The van der Waals surface area contributed by atoms with Gasteiger partial charge in [0, 0.05) is 5.75 Å². The first-order chi connectivity index (χ1) is 15.0. The van der Waals surface area contributed by atoms with Gasteiger partial charge in [0.25, 0.3) is 0 Å². The molecule has 3 aromatic rings. The molecule has 0 bridgehead atoms. The molecule has 2 fully saturated rings. The number of benzene rings is 1. The van der Waals surface area contributed by atoms with Crippen molar-refractivity contribution in [1.29, 1.82) is 0 Å². The third kappa shape index (κ3) is 3.79. The van der Waals surface area contributed by atoms with Crippen LogP contribution in [0, 0.1) is 0 Å². The Kier molecular flexibility index (Phi) is 5.35. The summed E-state index contributed by atoms with van der Waals surface area (Å²) in [4.78, 5) is 13.4. The molecule has 1 aromatic carbocycles. The number of imidazole rings is 1. The normalized spacial score (nSPS) is 27.0. The van der Waals surface area contributed by atoms with Crippen LogP contribution in [0.25, 0.3) is 11.2 Å². The van der Waals surface area contributed by atoms with Gasteiger partial charge in [-0.05, 0) is 31.5 Å². The first-order valence-corrected chi connectivity index (χ1v) is 11.0. The summed E-state index contributed by atoms with van der Waals surface area (Å²) in [5.74, 6) is 0.829. The summed E-state index contributed by atoms with van der Waals surface area (Å²) in [6.45, 7) is 3.57. The molecule has 4 heterocycles. The van der Waals surface area contributed by atoms with Crippen LogP contribution in [0.2, 0.25) is 0 Å². The summed E-state index contributed by atoms with van der Waals surface area (Å²) in [5, 5.41) is 10.5. The summed E-state index contributed by atoms with van der Waals surface area (Å²) in [6, 6.07) is 7.95. The number of fused-ring (bicyclic) bond motifs is 2. The van der Waals surface area contributed by atoms with Crippen LogP contribution in [0.3, 0.4) is 0 Å². The van der Waals surface area contributed by atoms with E-state index in [0.717, 1.165) is 22.1 Å². The molecule has 1 unspecified atom stereocenters. The molecule has 4 atom stereocenters. The second kappa shape index (κ2) is 8.03. The van der Waals surface area contributed by atoms with Gasteiger partial charge in [0.2, 0.25) is 0 Å². The molecule has 1 N–H and O–H groups in total. The van der Waals surface area contributed by atoms with Crippen molar-refractivity contribution in [3.8, 4) is 5.75 Å². The molecule has 9 nitrogen and oxygen atoms in total. The third-order valence-corrected chi connectivity index (χ3v) is 6.49. The van der Waals surface area contributed by atoms with E-state index in [1.54, 1.807) is 25.2 Å². The fourth-order valence-electron chi connectivity index (χ4n) is 4.03. The molecular formula is C21H24N4O5S. The van der Waals surface area contributed by atoms with Crippen molar-refractivity contribution in [3.63, 3.8) is 0 Å². The number of hydrogen-bond donors (Lipinski definition) is 1. The molecule has 2 saturated heterocycles. The highest BCUT2D eigenvalue weighted by Gasteiger charge is 2.55. The van der Waals surface area contributed by atoms with Crippen molar-refractivity contribution in [1.82, 2.24) is 19.5 Å². The minimum atomic E-state index is -0.741. The van der Waals surface area contributed by atoms with Crippen LogP contribution in [0.15, 0.2) is 41.9 Å². The maximum atomic E-state index is 9.74. The van der Waals surface area contributed by atoms with E-state index >= 15 is 0 Å². The number of aliphatic hydroxyl groups is 1. The van der Waals surface area contributed by atoms with Gasteiger partial charge in [0.1, 0.15) is 40.9 Å². The number of rotatable bonds is 6. The van der Waals surface area contributed by atoms with E-state index in [1.807, 2.05) is 42.7 Å². The van der Waals surface area contributed by atoms with Gasteiger partial charge in [-0.2, -0.15) is 0 Å². The van der Waals surface area contributed by atoms with Crippen LogP contribution in [0.4, 0.5) is 0 Å². The highest BCUT2D eigenvalue weighted by Crippen LogP contribution is 2.43. The van der Waals surface area contributed by atoms with E-state index in [-0.39, 0.29) is 18.8 Å². The maximum absolute atomic E-state index is 9.74. The van der Waals surface area contributed by atoms with E-state index in [9.17, 15) is 5.11 Å². The predicted molar refractivity (Wildman–Crippen MR) is 113 cm³/mol. The summed E-state index contributed by atoms with van der Waals surface area (Å²) >= 11 is 1.59. The Morgan fingerprint density at radius 2 is 1.90 bits per heavy atom. The Morgan fingerprint density at radius 3 is 2.65 bits per heavy atom. The molecule has 0 saturated carbocycles. The van der Waals surface area contributed by atoms with Crippen molar-refractivity contribution in [2.45, 2.75) is 55.0 Å². The van der Waals surface area contributed by atoms with E-state index in [4.69, 9.17) is 18.9 Å². The second-order valence-corrected chi connectivity index (χ2v) is 8.92. The fourth-order valence-corrected chi connectivity index (χ4v) is 4.92. The number of aromatic nitrogens is 4. The smallest absolute Gasteiger partial charge is 0.166 e. The lowest BCUT2D eigenvalue weighted by Crippen LogP contribution is -2.31. The van der Waals surface area contributed by atoms with Gasteiger partial charge in [0.15, 0.2) is 17.7 Å². The Hall–Kier alpha value is -2.24. The third-order valence-electron chi connectivity index (χ3n) is 5.44. The van der Waals surface area contributed by atoms with E-state index in [0.29, 0.717) is 11.2 Å². The minimum absolute atomic E-state index is 0.151. The lowest BCUT2D eigenvalue weighted by Gasteiger charge is -2.24. The SMILES string of the molecule is COc1ccc(CSc2ncnc3c2ncn3[C@@H]2O[C@H](CO)C3OC(C)(C)O[C@@H]32)cc1. The molecule has 0 amide bonds. The molecule has 2 aliphatic rings. The molecule has 2 aliphatic heterocycles. The van der Waals surface area contributed by atoms with Crippen LogP contribution in [0.1, 0.15) is 25.6 Å². The maximum Gasteiger partial charge on any atom is 0.166 e. The first-order valence-electron chi connectivity index (χ1n) is 10.0. The summed E-state index contributed by atoms with van der Waals surface area (Å²) in [6.07, 6.45) is 1.53. The summed E-state index contributed by atoms with van der Waals surface area (Å²) < 4.78 is 25.1. The van der Waals surface area contributed by atoms with E-state index in [1.165, 1.54) is 6.33 Å². The number of aliphatic hydroxyl groups excluding tert-OH is 1. The second-order valence-electron chi connectivity index (χ2n) is 7.95. The van der Waals surface area contributed by atoms with Crippen molar-refractivity contribution in [2.24, 2.45) is 0 Å². The number of thioether (sulfide) groups is 1. The zero-order valence-corrected chi connectivity index (χ0v) is 18.3. The number of ether oxygens (including phenoxy) is 4. The minimum Gasteiger partial charge on any atom is -0.497 e. The fraction of sp³-hybridized carbons (Fsp3) is 0.476. The van der Waals surface area contributed by atoms with Crippen molar-refractivity contribution in [3.05, 3.63) is 42.5 Å².